The molecule has 0 unspecified atom stereocenters. The van der Waals surface area contributed by atoms with E-state index in [4.69, 9.17) is 11.5 Å². The summed E-state index contributed by atoms with van der Waals surface area (Å²) in [5, 5.41) is 11.0. The van der Waals surface area contributed by atoms with Crippen molar-refractivity contribution in [3.8, 4) is 12.3 Å². The Morgan fingerprint density at radius 2 is 2.50 bits per heavy atom. The highest BCUT2D eigenvalue weighted by Gasteiger charge is 2.04. The summed E-state index contributed by atoms with van der Waals surface area (Å²) >= 11 is 4.70. The molecule has 10 heavy (non-hydrogen) atoms. The van der Waals surface area contributed by atoms with Gasteiger partial charge in [0.05, 0.1) is 0 Å². The van der Waals surface area contributed by atoms with Crippen LogP contribution in [-0.2, 0) is 0 Å². The van der Waals surface area contributed by atoms with Gasteiger partial charge in [-0.25, -0.2) is 0 Å². The molecule has 3 heteroatoms. The van der Waals surface area contributed by atoms with Gasteiger partial charge in [0, 0.05) is 14.7 Å². The first-order valence-electron chi connectivity index (χ1n) is 2.62. The zero-order chi connectivity index (χ0) is 7.56. The number of hydrogen-bond acceptors (Lipinski definition) is 2. The van der Waals surface area contributed by atoms with E-state index in [0.717, 1.165) is 9.35 Å². The molecule has 0 aliphatic rings. The van der Waals surface area contributed by atoms with Gasteiger partial charge in [-0.3, -0.25) is 0 Å². The second-order valence-electron chi connectivity index (χ2n) is 1.74. The second-order valence-corrected chi connectivity index (χ2v) is 3.59. The number of hydrogen-bond donors (Lipinski definition) is 1. The van der Waals surface area contributed by atoms with Gasteiger partial charge in [0.15, 0.2) is 0 Å². The van der Waals surface area contributed by atoms with E-state index in [-0.39, 0.29) is 0 Å². The molecule has 0 aliphatic heterocycles. The Kier molecular flexibility index (Phi) is 2.50. The maximum atomic E-state index is 9.10. The van der Waals surface area contributed by atoms with Gasteiger partial charge in [-0.1, -0.05) is 5.92 Å². The number of aliphatic hydroxyl groups is 1. The molecule has 0 bridgehead atoms. The standard InChI is InChI=1S/C7H5BrOS/c1-2-6(9)7-3-5(8)4-10-7/h1,3-4,6,9H/t6-/m1/s1. The first kappa shape index (κ1) is 7.80. The number of terminal acetylenes is 1. The van der Waals surface area contributed by atoms with Crippen LogP contribution in [0.1, 0.15) is 11.0 Å². The van der Waals surface area contributed by atoms with Crippen LogP contribution in [-0.4, -0.2) is 5.11 Å². The lowest BCUT2D eigenvalue weighted by atomic mass is 10.3. The fraction of sp³-hybridized carbons (Fsp3) is 0.143. The molecular weight excluding hydrogens is 212 g/mol. The fourth-order valence-electron chi connectivity index (χ4n) is 0.554. The van der Waals surface area contributed by atoms with E-state index in [1.807, 2.05) is 11.4 Å². The largest absolute Gasteiger partial charge is 0.375 e. The molecule has 1 atom stereocenters. The molecule has 1 rings (SSSR count). The van der Waals surface area contributed by atoms with Gasteiger partial charge < -0.3 is 5.11 Å². The topological polar surface area (TPSA) is 20.2 Å². The molecule has 0 aromatic carbocycles. The van der Waals surface area contributed by atoms with Crippen molar-refractivity contribution < 1.29 is 5.11 Å². The highest BCUT2D eigenvalue weighted by molar-refractivity contribution is 9.10. The van der Waals surface area contributed by atoms with Crippen LogP contribution in [0.3, 0.4) is 0 Å². The molecule has 52 valence electrons. The Hall–Kier alpha value is -0.300. The Labute approximate surface area is 71.8 Å². The minimum Gasteiger partial charge on any atom is -0.375 e. The minimum absolute atomic E-state index is 0.753. The first-order chi connectivity index (χ1) is 4.74. The Bertz CT molecular complexity index is 261. The van der Waals surface area contributed by atoms with Crippen LogP contribution < -0.4 is 0 Å². The summed E-state index contributed by atoms with van der Waals surface area (Å²) in [7, 11) is 0. The van der Waals surface area contributed by atoms with E-state index in [9.17, 15) is 0 Å². The van der Waals surface area contributed by atoms with Crippen LogP contribution in [0.4, 0.5) is 0 Å². The summed E-state index contributed by atoms with van der Waals surface area (Å²) in [6.07, 6.45) is 4.25. The first-order valence-corrected chi connectivity index (χ1v) is 4.29. The minimum atomic E-state index is -0.753. The van der Waals surface area contributed by atoms with E-state index in [2.05, 4.69) is 21.9 Å². The molecule has 1 aromatic heterocycles. The van der Waals surface area contributed by atoms with E-state index in [0.29, 0.717) is 0 Å². The number of thiophene rings is 1. The summed E-state index contributed by atoms with van der Waals surface area (Å²) < 4.78 is 0.960. The van der Waals surface area contributed by atoms with E-state index in [1.54, 1.807) is 0 Å². The van der Waals surface area contributed by atoms with Gasteiger partial charge >= 0.3 is 0 Å². The van der Waals surface area contributed by atoms with Gasteiger partial charge in [-0.2, -0.15) is 0 Å². The van der Waals surface area contributed by atoms with Crippen molar-refractivity contribution >= 4 is 27.3 Å². The van der Waals surface area contributed by atoms with Gasteiger partial charge in [0.1, 0.15) is 6.10 Å². The molecular formula is C7H5BrOS. The number of aliphatic hydroxyl groups excluding tert-OH is 1. The molecule has 0 aliphatic carbocycles. The third-order valence-corrected chi connectivity index (χ3v) is 2.76. The average molecular weight is 217 g/mol. The van der Waals surface area contributed by atoms with Crippen molar-refractivity contribution in [3.05, 3.63) is 20.8 Å². The van der Waals surface area contributed by atoms with E-state index >= 15 is 0 Å². The average Bonchev–Trinajstić information content (AvgIpc) is 2.34. The SMILES string of the molecule is C#C[C@@H](O)c1cc(Br)cs1. The quantitative estimate of drug-likeness (QED) is 0.715. The van der Waals surface area contributed by atoms with E-state index in [1.165, 1.54) is 11.3 Å². The lowest BCUT2D eigenvalue weighted by molar-refractivity contribution is 0.242. The summed E-state index contributed by atoms with van der Waals surface area (Å²) in [6.45, 7) is 0. The lowest BCUT2D eigenvalue weighted by Crippen LogP contribution is -1.86. The highest BCUT2D eigenvalue weighted by atomic mass is 79.9. The zero-order valence-electron chi connectivity index (χ0n) is 5.04. The molecule has 0 fully saturated rings. The smallest absolute Gasteiger partial charge is 0.149 e. The molecule has 1 aromatic rings. The molecule has 0 radical (unpaired) electrons. The van der Waals surface area contributed by atoms with E-state index < -0.39 is 6.10 Å². The van der Waals surface area contributed by atoms with Gasteiger partial charge in [0.2, 0.25) is 0 Å². The predicted octanol–water partition coefficient (Wildman–Crippen LogP) is 2.18. The Morgan fingerprint density at radius 3 is 2.90 bits per heavy atom. The molecule has 0 saturated heterocycles. The van der Waals surface area contributed by atoms with Crippen molar-refractivity contribution in [1.29, 1.82) is 0 Å². The number of rotatable bonds is 1. The Balaban J connectivity index is 2.87. The molecule has 1 heterocycles. The normalized spacial score (nSPS) is 12.5. The third-order valence-electron chi connectivity index (χ3n) is 1.02. The number of halogens is 1. The molecule has 1 N–H and O–H groups in total. The maximum absolute atomic E-state index is 9.10. The molecule has 0 amide bonds. The third kappa shape index (κ3) is 1.60. The van der Waals surface area contributed by atoms with Crippen molar-refractivity contribution in [1.82, 2.24) is 0 Å². The second kappa shape index (κ2) is 3.20. The van der Waals surface area contributed by atoms with Crippen LogP contribution in [0.2, 0.25) is 0 Å². The zero-order valence-corrected chi connectivity index (χ0v) is 7.45. The van der Waals surface area contributed by atoms with Gasteiger partial charge in [-0.05, 0) is 22.0 Å². The summed E-state index contributed by atoms with van der Waals surface area (Å²) in [5.41, 5.74) is 0. The fourth-order valence-corrected chi connectivity index (χ4v) is 1.94. The molecule has 1 nitrogen and oxygen atoms in total. The summed E-state index contributed by atoms with van der Waals surface area (Å²) in [4.78, 5) is 0.800. The molecule has 0 saturated carbocycles. The van der Waals surface area contributed by atoms with Crippen LogP contribution in [0.5, 0.6) is 0 Å². The molecule has 0 spiro atoms. The van der Waals surface area contributed by atoms with Crippen molar-refractivity contribution in [3.63, 3.8) is 0 Å². The highest BCUT2D eigenvalue weighted by Crippen LogP contribution is 2.24. The van der Waals surface area contributed by atoms with Crippen LogP contribution >= 0.6 is 27.3 Å². The van der Waals surface area contributed by atoms with Crippen molar-refractivity contribution in [2.45, 2.75) is 6.10 Å². The predicted molar refractivity (Wildman–Crippen MR) is 45.8 cm³/mol. The monoisotopic (exact) mass is 216 g/mol. The summed E-state index contributed by atoms with van der Waals surface area (Å²) in [5.74, 6) is 2.24. The Morgan fingerprint density at radius 1 is 1.80 bits per heavy atom. The van der Waals surface area contributed by atoms with Crippen molar-refractivity contribution in [2.24, 2.45) is 0 Å². The van der Waals surface area contributed by atoms with Crippen LogP contribution in [0.15, 0.2) is 15.9 Å². The summed E-state index contributed by atoms with van der Waals surface area (Å²) in [6, 6.07) is 1.81. The lowest BCUT2D eigenvalue weighted by Gasteiger charge is -1.95. The van der Waals surface area contributed by atoms with Crippen molar-refractivity contribution in [2.75, 3.05) is 0 Å². The van der Waals surface area contributed by atoms with Gasteiger partial charge in [-0.15, -0.1) is 17.8 Å². The van der Waals surface area contributed by atoms with Gasteiger partial charge in [0.25, 0.3) is 0 Å². The van der Waals surface area contributed by atoms with Crippen LogP contribution in [0.25, 0.3) is 0 Å². The maximum Gasteiger partial charge on any atom is 0.149 e. The van der Waals surface area contributed by atoms with Crippen LogP contribution in [0, 0.1) is 12.3 Å².